The molecule has 1 aliphatic heterocycles. The summed E-state index contributed by atoms with van der Waals surface area (Å²) in [6.07, 6.45) is 1.70. The van der Waals surface area contributed by atoms with Crippen LogP contribution in [0.15, 0.2) is 47.1 Å². The Bertz CT molecular complexity index is 679. The van der Waals surface area contributed by atoms with Crippen LogP contribution in [0.25, 0.3) is 0 Å². The lowest BCUT2D eigenvalue weighted by Gasteiger charge is -2.28. The number of fused-ring (bicyclic) bond motifs is 1. The Morgan fingerprint density at radius 2 is 2.00 bits per heavy atom. The molecule has 1 aromatic carbocycles. The molecule has 0 N–H and O–H groups in total. The van der Waals surface area contributed by atoms with Crippen molar-refractivity contribution in [3.63, 3.8) is 0 Å². The molecule has 0 radical (unpaired) electrons. The fraction of sp³-hybridized carbons (Fsp3) is 0.294. The number of rotatable bonds is 6. The fourth-order valence-corrected chi connectivity index (χ4v) is 2.66. The van der Waals surface area contributed by atoms with Crippen LogP contribution in [0.3, 0.4) is 0 Å². The second-order valence-electron chi connectivity index (χ2n) is 5.16. The third-order valence-corrected chi connectivity index (χ3v) is 3.94. The molecular weight excluding hydrogens is 360 g/mol. The van der Waals surface area contributed by atoms with Crippen molar-refractivity contribution in [1.29, 1.82) is 0 Å². The molecule has 23 heavy (non-hydrogen) atoms. The van der Waals surface area contributed by atoms with Crippen LogP contribution in [0.2, 0.25) is 0 Å². The lowest BCUT2D eigenvalue weighted by molar-refractivity contribution is -0.121. The topological polar surface area (TPSA) is 51.7 Å². The molecule has 6 heteroatoms. The van der Waals surface area contributed by atoms with E-state index in [4.69, 9.17) is 9.47 Å². The maximum Gasteiger partial charge on any atom is 0.266 e. The molecule has 0 saturated heterocycles. The number of anilines is 1. The summed E-state index contributed by atoms with van der Waals surface area (Å²) in [6.45, 7) is 1.30. The highest BCUT2D eigenvalue weighted by Crippen LogP contribution is 2.31. The SMILES string of the molecule is O=C1COc2ccc(Br)nc2N1CCCCOc1ccccc1. The number of para-hydroxylation sites is 1. The highest BCUT2D eigenvalue weighted by molar-refractivity contribution is 9.10. The minimum atomic E-state index is -0.0629. The van der Waals surface area contributed by atoms with Gasteiger partial charge in [-0.05, 0) is 53.0 Å². The van der Waals surface area contributed by atoms with Crippen molar-refractivity contribution >= 4 is 27.7 Å². The molecule has 1 amide bonds. The molecule has 0 atom stereocenters. The molecule has 0 aliphatic carbocycles. The van der Waals surface area contributed by atoms with Crippen LogP contribution in [-0.4, -0.2) is 30.6 Å². The Morgan fingerprint density at radius 3 is 2.83 bits per heavy atom. The van der Waals surface area contributed by atoms with Crippen LogP contribution in [-0.2, 0) is 4.79 Å². The summed E-state index contributed by atoms with van der Waals surface area (Å²) in [5.41, 5.74) is 0. The van der Waals surface area contributed by atoms with Gasteiger partial charge in [0.05, 0.1) is 6.61 Å². The maximum atomic E-state index is 12.1. The molecule has 3 rings (SSSR count). The highest BCUT2D eigenvalue weighted by Gasteiger charge is 2.26. The van der Waals surface area contributed by atoms with E-state index in [0.717, 1.165) is 18.6 Å². The number of pyridine rings is 1. The minimum Gasteiger partial charge on any atom is -0.494 e. The van der Waals surface area contributed by atoms with Crippen molar-refractivity contribution in [2.45, 2.75) is 12.8 Å². The number of hydrogen-bond donors (Lipinski definition) is 0. The van der Waals surface area contributed by atoms with Crippen LogP contribution < -0.4 is 14.4 Å². The zero-order chi connectivity index (χ0) is 16.1. The summed E-state index contributed by atoms with van der Waals surface area (Å²) in [7, 11) is 0. The van der Waals surface area contributed by atoms with Crippen molar-refractivity contribution in [3.8, 4) is 11.5 Å². The van der Waals surface area contributed by atoms with Crippen LogP contribution in [0.1, 0.15) is 12.8 Å². The average Bonchev–Trinajstić information content (AvgIpc) is 2.57. The summed E-state index contributed by atoms with van der Waals surface area (Å²) in [5.74, 6) is 2.03. The quantitative estimate of drug-likeness (QED) is 0.572. The highest BCUT2D eigenvalue weighted by atomic mass is 79.9. The van der Waals surface area contributed by atoms with Crippen LogP contribution in [0, 0.1) is 0 Å². The Balaban J connectivity index is 1.52. The average molecular weight is 377 g/mol. The Labute approximate surface area is 143 Å². The number of aromatic nitrogens is 1. The third kappa shape index (κ3) is 4.01. The van der Waals surface area contributed by atoms with Crippen molar-refractivity contribution in [3.05, 3.63) is 47.1 Å². The Kier molecular flexibility index (Phi) is 5.12. The predicted molar refractivity (Wildman–Crippen MR) is 91.0 cm³/mol. The number of hydrogen-bond acceptors (Lipinski definition) is 4. The number of carbonyl (C=O) groups is 1. The van der Waals surface area contributed by atoms with E-state index < -0.39 is 0 Å². The van der Waals surface area contributed by atoms with Crippen molar-refractivity contribution in [2.75, 3.05) is 24.7 Å². The summed E-state index contributed by atoms with van der Waals surface area (Å²) in [5, 5.41) is 0. The van der Waals surface area contributed by atoms with Gasteiger partial charge in [0.2, 0.25) is 0 Å². The molecule has 120 valence electrons. The standard InChI is InChI=1S/C17H17BrN2O3/c18-15-9-8-14-17(19-15)20(16(21)12-23-14)10-4-5-11-22-13-6-2-1-3-7-13/h1-3,6-9H,4-5,10-12H2. The lowest BCUT2D eigenvalue weighted by atomic mass is 10.2. The number of carbonyl (C=O) groups excluding carboxylic acids is 1. The van der Waals surface area contributed by atoms with E-state index >= 15 is 0 Å². The van der Waals surface area contributed by atoms with Gasteiger partial charge in [-0.1, -0.05) is 18.2 Å². The van der Waals surface area contributed by atoms with Gasteiger partial charge in [-0.3, -0.25) is 9.69 Å². The zero-order valence-corrected chi connectivity index (χ0v) is 14.2. The van der Waals surface area contributed by atoms with Gasteiger partial charge in [0.25, 0.3) is 5.91 Å². The molecule has 1 aromatic heterocycles. The minimum absolute atomic E-state index is 0.0629. The van der Waals surface area contributed by atoms with E-state index in [-0.39, 0.29) is 12.5 Å². The first kappa shape index (κ1) is 15.8. The smallest absolute Gasteiger partial charge is 0.266 e. The maximum absolute atomic E-state index is 12.1. The lowest BCUT2D eigenvalue weighted by Crippen LogP contribution is -2.40. The molecule has 2 aromatic rings. The Morgan fingerprint density at radius 1 is 1.17 bits per heavy atom. The second kappa shape index (κ2) is 7.46. The van der Waals surface area contributed by atoms with E-state index in [0.29, 0.717) is 29.3 Å². The summed E-state index contributed by atoms with van der Waals surface area (Å²) in [6, 6.07) is 13.3. The Hall–Kier alpha value is -2.08. The van der Waals surface area contributed by atoms with Gasteiger partial charge >= 0.3 is 0 Å². The number of benzene rings is 1. The number of ether oxygens (including phenoxy) is 2. The van der Waals surface area contributed by atoms with Gasteiger partial charge in [-0.15, -0.1) is 0 Å². The van der Waals surface area contributed by atoms with Gasteiger partial charge < -0.3 is 9.47 Å². The molecule has 1 aliphatic rings. The van der Waals surface area contributed by atoms with Crippen molar-refractivity contribution < 1.29 is 14.3 Å². The van der Waals surface area contributed by atoms with Crippen LogP contribution >= 0.6 is 15.9 Å². The van der Waals surface area contributed by atoms with E-state index in [9.17, 15) is 4.79 Å². The van der Waals surface area contributed by atoms with E-state index in [1.807, 2.05) is 36.4 Å². The van der Waals surface area contributed by atoms with Gasteiger partial charge in [-0.2, -0.15) is 0 Å². The largest absolute Gasteiger partial charge is 0.494 e. The molecular formula is C17H17BrN2O3. The number of amides is 1. The van der Waals surface area contributed by atoms with Crippen LogP contribution in [0.5, 0.6) is 11.5 Å². The summed E-state index contributed by atoms with van der Waals surface area (Å²) >= 11 is 3.33. The molecule has 0 unspecified atom stereocenters. The molecule has 5 nitrogen and oxygen atoms in total. The number of unbranched alkanes of at least 4 members (excludes halogenated alkanes) is 1. The van der Waals surface area contributed by atoms with E-state index in [1.54, 1.807) is 11.0 Å². The molecule has 0 fully saturated rings. The summed E-state index contributed by atoms with van der Waals surface area (Å²) in [4.78, 5) is 18.1. The van der Waals surface area contributed by atoms with Crippen LogP contribution in [0.4, 0.5) is 5.82 Å². The first-order valence-electron chi connectivity index (χ1n) is 7.51. The third-order valence-electron chi connectivity index (χ3n) is 3.50. The monoisotopic (exact) mass is 376 g/mol. The zero-order valence-electron chi connectivity index (χ0n) is 12.6. The first-order chi connectivity index (χ1) is 11.2. The number of nitrogens with zero attached hydrogens (tertiary/aromatic N) is 2. The van der Waals surface area contributed by atoms with Crippen molar-refractivity contribution in [2.24, 2.45) is 0 Å². The van der Waals surface area contributed by atoms with E-state index in [1.165, 1.54) is 0 Å². The summed E-state index contributed by atoms with van der Waals surface area (Å²) < 4.78 is 11.8. The van der Waals surface area contributed by atoms with Gasteiger partial charge in [0.1, 0.15) is 10.4 Å². The normalized spacial score (nSPS) is 13.4. The van der Waals surface area contributed by atoms with Crippen molar-refractivity contribution in [1.82, 2.24) is 4.98 Å². The number of halogens is 1. The predicted octanol–water partition coefficient (Wildman–Crippen LogP) is 3.43. The second-order valence-corrected chi connectivity index (χ2v) is 5.97. The molecule has 0 saturated carbocycles. The molecule has 0 bridgehead atoms. The molecule has 0 spiro atoms. The van der Waals surface area contributed by atoms with E-state index in [2.05, 4.69) is 20.9 Å². The van der Waals surface area contributed by atoms with Gasteiger partial charge in [-0.25, -0.2) is 4.98 Å². The van der Waals surface area contributed by atoms with Gasteiger partial charge in [0, 0.05) is 6.54 Å². The first-order valence-corrected chi connectivity index (χ1v) is 8.31. The fourth-order valence-electron chi connectivity index (χ4n) is 2.36. The molecule has 2 heterocycles. The van der Waals surface area contributed by atoms with Gasteiger partial charge in [0.15, 0.2) is 18.2 Å².